The molecular weight excluding hydrogens is 347 g/mol. The highest BCUT2D eigenvalue weighted by Gasteiger charge is 2.21. The zero-order chi connectivity index (χ0) is 13.9. The summed E-state index contributed by atoms with van der Waals surface area (Å²) in [4.78, 5) is 24.1. The largest absolute Gasteiger partial charge is 0.339 e. The minimum atomic E-state index is -0.490. The van der Waals surface area contributed by atoms with Crippen LogP contribution in [0.5, 0.6) is 0 Å². The van der Waals surface area contributed by atoms with Crippen molar-refractivity contribution in [1.82, 2.24) is 4.90 Å². The second-order valence-electron chi connectivity index (χ2n) is 4.09. The summed E-state index contributed by atoms with van der Waals surface area (Å²) < 4.78 is 0.721. The third kappa shape index (κ3) is 3.18. The maximum atomic E-state index is 12.2. The number of benzene rings is 1. The Hall–Kier alpha value is -1.18. The van der Waals surface area contributed by atoms with Gasteiger partial charge in [-0.3, -0.25) is 14.9 Å². The van der Waals surface area contributed by atoms with Crippen molar-refractivity contribution in [1.29, 1.82) is 0 Å². The van der Waals surface area contributed by atoms with Gasteiger partial charge < -0.3 is 4.90 Å². The number of hydrogen-bond donors (Lipinski definition) is 0. The van der Waals surface area contributed by atoms with Crippen molar-refractivity contribution in [2.75, 3.05) is 7.05 Å². The fourth-order valence-corrected chi connectivity index (χ4v) is 2.02. The molecular formula is C12H15IN2O3. The number of carbonyl (C=O) groups excluding carboxylic acids is 1. The molecule has 0 aliphatic carbocycles. The smallest absolute Gasteiger partial charge is 0.270 e. The maximum Gasteiger partial charge on any atom is 0.270 e. The van der Waals surface area contributed by atoms with Crippen LogP contribution in [0, 0.1) is 13.7 Å². The fraction of sp³-hybridized carbons (Fsp3) is 0.417. The summed E-state index contributed by atoms with van der Waals surface area (Å²) in [6.07, 6.45) is 0.841. The summed E-state index contributed by atoms with van der Waals surface area (Å²) in [5.41, 5.74) is 0.323. The highest BCUT2D eigenvalue weighted by atomic mass is 127. The zero-order valence-corrected chi connectivity index (χ0v) is 12.7. The molecule has 1 aromatic carbocycles. The minimum absolute atomic E-state index is 0.0590. The Balaban J connectivity index is 3.12. The number of nitro benzene ring substituents is 1. The molecule has 0 aliphatic rings. The Kier molecular flexibility index (Phi) is 5.06. The molecule has 98 valence electrons. The van der Waals surface area contributed by atoms with Crippen molar-refractivity contribution in [3.63, 3.8) is 0 Å². The van der Waals surface area contributed by atoms with Crippen molar-refractivity contribution in [3.8, 4) is 0 Å². The Morgan fingerprint density at radius 1 is 1.56 bits per heavy atom. The predicted molar refractivity (Wildman–Crippen MR) is 77.7 cm³/mol. The third-order valence-corrected chi connectivity index (χ3v) is 3.90. The molecule has 1 amide bonds. The van der Waals surface area contributed by atoms with Gasteiger partial charge in [-0.2, -0.15) is 0 Å². The highest BCUT2D eigenvalue weighted by Crippen LogP contribution is 2.21. The molecule has 0 aliphatic heterocycles. The summed E-state index contributed by atoms with van der Waals surface area (Å²) in [5, 5.41) is 10.7. The molecule has 0 radical (unpaired) electrons. The van der Waals surface area contributed by atoms with E-state index in [1.807, 2.05) is 36.4 Å². The molecule has 0 aromatic heterocycles. The summed E-state index contributed by atoms with van der Waals surface area (Å²) in [6.45, 7) is 3.94. The number of halogens is 1. The van der Waals surface area contributed by atoms with E-state index in [1.165, 1.54) is 12.1 Å². The van der Waals surface area contributed by atoms with Crippen LogP contribution >= 0.6 is 22.6 Å². The monoisotopic (exact) mass is 362 g/mol. The molecule has 5 nitrogen and oxygen atoms in total. The van der Waals surface area contributed by atoms with Crippen LogP contribution in [0.25, 0.3) is 0 Å². The normalized spacial score (nSPS) is 12.0. The van der Waals surface area contributed by atoms with Gasteiger partial charge in [0.2, 0.25) is 0 Å². The lowest BCUT2D eigenvalue weighted by molar-refractivity contribution is -0.384. The number of rotatable bonds is 4. The Morgan fingerprint density at radius 2 is 2.17 bits per heavy atom. The van der Waals surface area contributed by atoms with Crippen molar-refractivity contribution < 1.29 is 9.72 Å². The van der Waals surface area contributed by atoms with Crippen LogP contribution in [0.1, 0.15) is 30.6 Å². The van der Waals surface area contributed by atoms with Gasteiger partial charge in [0.05, 0.1) is 10.5 Å². The summed E-state index contributed by atoms with van der Waals surface area (Å²) >= 11 is 2.01. The van der Waals surface area contributed by atoms with Gasteiger partial charge in [-0.1, -0.05) is 6.92 Å². The van der Waals surface area contributed by atoms with Crippen molar-refractivity contribution in [2.45, 2.75) is 26.3 Å². The Bertz CT molecular complexity index is 476. The first-order chi connectivity index (χ1) is 8.38. The van der Waals surface area contributed by atoms with Gasteiger partial charge in [0.15, 0.2) is 0 Å². The summed E-state index contributed by atoms with van der Waals surface area (Å²) in [5.74, 6) is -0.183. The van der Waals surface area contributed by atoms with E-state index in [0.717, 1.165) is 9.99 Å². The van der Waals surface area contributed by atoms with E-state index in [9.17, 15) is 14.9 Å². The van der Waals surface area contributed by atoms with Crippen molar-refractivity contribution >= 4 is 34.2 Å². The molecule has 1 unspecified atom stereocenters. The molecule has 0 spiro atoms. The third-order valence-electron chi connectivity index (χ3n) is 2.96. The van der Waals surface area contributed by atoms with Crippen LogP contribution in [-0.4, -0.2) is 28.8 Å². The molecule has 1 aromatic rings. The van der Waals surface area contributed by atoms with Crippen LogP contribution in [-0.2, 0) is 0 Å². The zero-order valence-electron chi connectivity index (χ0n) is 10.5. The molecule has 0 saturated heterocycles. The molecule has 0 N–H and O–H groups in total. The van der Waals surface area contributed by atoms with E-state index in [0.29, 0.717) is 5.56 Å². The standard InChI is InChI=1S/C12H15IN2O3/c1-4-8(2)14(3)12(16)10-7-9(15(17)18)5-6-11(10)13/h5-8H,4H2,1-3H3. The van der Waals surface area contributed by atoms with E-state index in [4.69, 9.17) is 0 Å². The SMILES string of the molecule is CCC(C)N(C)C(=O)c1cc([N+](=O)[O-])ccc1I. The molecule has 0 heterocycles. The maximum absolute atomic E-state index is 12.2. The fourth-order valence-electron chi connectivity index (χ4n) is 1.45. The van der Waals surface area contributed by atoms with Gasteiger partial charge in [-0.25, -0.2) is 0 Å². The highest BCUT2D eigenvalue weighted by molar-refractivity contribution is 14.1. The van der Waals surface area contributed by atoms with Gasteiger partial charge in [0, 0.05) is 28.8 Å². The van der Waals surface area contributed by atoms with E-state index < -0.39 is 4.92 Å². The van der Waals surface area contributed by atoms with Gasteiger partial charge in [-0.05, 0) is 42.0 Å². The quantitative estimate of drug-likeness (QED) is 0.470. The lowest BCUT2D eigenvalue weighted by atomic mass is 10.1. The van der Waals surface area contributed by atoms with Crippen LogP contribution in [0.3, 0.4) is 0 Å². The minimum Gasteiger partial charge on any atom is -0.339 e. The van der Waals surface area contributed by atoms with Gasteiger partial charge in [0.1, 0.15) is 0 Å². The van der Waals surface area contributed by atoms with Crippen LogP contribution in [0.2, 0.25) is 0 Å². The number of amides is 1. The number of hydrogen-bond acceptors (Lipinski definition) is 3. The Morgan fingerprint density at radius 3 is 2.67 bits per heavy atom. The van der Waals surface area contributed by atoms with E-state index in [-0.39, 0.29) is 17.6 Å². The van der Waals surface area contributed by atoms with Gasteiger partial charge >= 0.3 is 0 Å². The molecule has 1 atom stereocenters. The molecule has 18 heavy (non-hydrogen) atoms. The number of nitro groups is 1. The predicted octanol–water partition coefficient (Wildman–Crippen LogP) is 3.07. The molecule has 1 rings (SSSR count). The first-order valence-corrected chi connectivity index (χ1v) is 6.67. The van der Waals surface area contributed by atoms with Gasteiger partial charge in [-0.15, -0.1) is 0 Å². The first-order valence-electron chi connectivity index (χ1n) is 5.59. The van der Waals surface area contributed by atoms with Gasteiger partial charge in [0.25, 0.3) is 11.6 Å². The second-order valence-corrected chi connectivity index (χ2v) is 5.26. The topological polar surface area (TPSA) is 63.5 Å². The average molecular weight is 362 g/mol. The van der Waals surface area contributed by atoms with E-state index in [1.54, 1.807) is 18.0 Å². The lowest BCUT2D eigenvalue weighted by Gasteiger charge is -2.24. The number of non-ortho nitro benzene ring substituents is 1. The summed E-state index contributed by atoms with van der Waals surface area (Å²) in [7, 11) is 1.71. The molecule has 6 heteroatoms. The van der Waals surface area contributed by atoms with Crippen molar-refractivity contribution in [2.24, 2.45) is 0 Å². The second kappa shape index (κ2) is 6.12. The molecule has 0 bridgehead atoms. The number of carbonyl (C=O) groups is 1. The lowest BCUT2D eigenvalue weighted by Crippen LogP contribution is -2.35. The van der Waals surface area contributed by atoms with E-state index in [2.05, 4.69) is 0 Å². The first kappa shape index (κ1) is 14.9. The Labute approximate surface area is 119 Å². The molecule has 0 saturated carbocycles. The summed E-state index contributed by atoms with van der Waals surface area (Å²) in [6, 6.07) is 4.44. The number of nitrogens with zero attached hydrogens (tertiary/aromatic N) is 2. The van der Waals surface area contributed by atoms with E-state index >= 15 is 0 Å². The van der Waals surface area contributed by atoms with Crippen LogP contribution < -0.4 is 0 Å². The van der Waals surface area contributed by atoms with Crippen LogP contribution in [0.15, 0.2) is 18.2 Å². The molecule has 0 fully saturated rings. The van der Waals surface area contributed by atoms with Crippen molar-refractivity contribution in [3.05, 3.63) is 37.4 Å². The average Bonchev–Trinajstić information content (AvgIpc) is 2.36. The van der Waals surface area contributed by atoms with Crippen LogP contribution in [0.4, 0.5) is 5.69 Å².